The van der Waals surface area contributed by atoms with Gasteiger partial charge in [0.1, 0.15) is 23.0 Å². The van der Waals surface area contributed by atoms with Crippen LogP contribution in [0, 0.1) is 48.5 Å². The smallest absolute Gasteiger partial charge is 0.224 e. The van der Waals surface area contributed by atoms with Crippen LogP contribution in [0.3, 0.4) is 0 Å². The summed E-state index contributed by atoms with van der Waals surface area (Å²) in [5.74, 6) is 1.73. The highest BCUT2D eigenvalue weighted by Crippen LogP contribution is 2.45. The van der Waals surface area contributed by atoms with Gasteiger partial charge in [-0.15, -0.1) is 0 Å². The van der Waals surface area contributed by atoms with E-state index in [0.29, 0.717) is 186 Å². The van der Waals surface area contributed by atoms with Gasteiger partial charge >= 0.3 is 0 Å². The van der Waals surface area contributed by atoms with E-state index in [0.717, 1.165) is 84.7 Å². The van der Waals surface area contributed by atoms with Crippen molar-refractivity contribution in [3.05, 3.63) is 261 Å². The standard InChI is InChI=1S/C15H22O3.2C15H20O3.C15H22O3.2C15H20O3.C15H22O2.C15H20O2/c3*1-6-9(2)7-8-12-10(3)14(17)15(18-5)11(4)13(12)16;3*1-6-9(2)7-8-12-10(3)13(16)11(4)15(18-5)14(12)17;2*1-6-9(2)7-8-13-12(5)14(16)10(3)11(4)15(13)17/h7,16-17H,6,8H2,1-5H3;2*7H,6,8H2,1-5H3;7,16-17H,6,8H2,1-5H3;2*7H,6,8H2,1-5H3;7,16-17H,6,8H2,1-5H3;7H,6,8H2,1-5H3/b8*9-7+. The van der Waals surface area contributed by atoms with E-state index in [1.165, 1.54) is 87.2 Å². The molecular weight excluding hydrogens is 1790 g/mol. The predicted octanol–water partition coefficient (Wildman–Crippen LogP) is 27.2. The number of aromatic hydroxyl groups is 6. The van der Waals surface area contributed by atoms with E-state index in [-0.39, 0.29) is 104 Å². The lowest BCUT2D eigenvalue weighted by atomic mass is 9.84. The number of rotatable bonds is 30. The Balaban J connectivity index is 0.000000812. The molecule has 778 valence electrons. The number of benzene rings is 3. The van der Waals surface area contributed by atoms with Crippen LogP contribution < -0.4 is 9.47 Å². The molecule has 5 aliphatic carbocycles. The minimum Gasteiger partial charge on any atom is -0.507 e. The summed E-state index contributed by atoms with van der Waals surface area (Å²) in [4.78, 5) is 121. The topological polar surface area (TPSA) is 347 Å². The van der Waals surface area contributed by atoms with Crippen molar-refractivity contribution in [2.45, 2.75) is 338 Å². The van der Waals surface area contributed by atoms with Gasteiger partial charge in [0.25, 0.3) is 0 Å². The van der Waals surface area contributed by atoms with Gasteiger partial charge in [-0.25, -0.2) is 0 Å². The zero-order chi connectivity index (χ0) is 110. The van der Waals surface area contributed by atoms with Crippen molar-refractivity contribution >= 4 is 57.8 Å². The molecule has 0 heterocycles. The molecule has 0 amide bonds. The molecule has 0 bridgehead atoms. The van der Waals surface area contributed by atoms with Crippen LogP contribution in [0.5, 0.6) is 46.0 Å². The van der Waals surface area contributed by atoms with Crippen LogP contribution in [0.15, 0.2) is 205 Å². The largest absolute Gasteiger partial charge is 0.507 e. The van der Waals surface area contributed by atoms with E-state index in [1.54, 1.807) is 96.9 Å². The van der Waals surface area contributed by atoms with Crippen molar-refractivity contribution < 1.29 is 107 Å². The summed E-state index contributed by atoms with van der Waals surface area (Å²) >= 11 is 0. The molecule has 8 rings (SSSR count). The molecule has 0 unspecified atom stereocenters. The van der Waals surface area contributed by atoms with Gasteiger partial charge in [-0.1, -0.05) is 149 Å². The average Bonchev–Trinajstić information content (AvgIpc) is 0.769. The molecule has 6 N–H and O–H groups in total. The van der Waals surface area contributed by atoms with E-state index in [4.69, 9.17) is 28.4 Å². The number of hydrogen-bond acceptors (Lipinski definition) is 22. The Bertz CT molecular complexity index is 5670. The van der Waals surface area contributed by atoms with Gasteiger partial charge in [-0.05, 0) is 305 Å². The molecule has 0 atom stereocenters. The fraction of sp³-hybridized carbons (Fsp3) is 0.467. The van der Waals surface area contributed by atoms with Crippen LogP contribution >= 0.6 is 0 Å². The fourth-order valence-electron chi connectivity index (χ4n) is 15.1. The minimum absolute atomic E-state index is 0.0136. The van der Waals surface area contributed by atoms with E-state index >= 15 is 0 Å². The summed E-state index contributed by atoms with van der Waals surface area (Å²) in [5, 5.41) is 60.6. The number of Topliss-reactive ketones (excluding diaryl/α,β-unsaturated/α-hetero) is 10. The summed E-state index contributed by atoms with van der Waals surface area (Å²) in [7, 11) is 8.67. The zero-order valence-corrected chi connectivity index (χ0v) is 93.1. The van der Waals surface area contributed by atoms with Gasteiger partial charge in [0.05, 0.1) is 42.7 Å². The minimum atomic E-state index is -0.174. The fourth-order valence-corrected chi connectivity index (χ4v) is 15.1. The second kappa shape index (κ2) is 60.5. The van der Waals surface area contributed by atoms with Crippen molar-refractivity contribution in [2.75, 3.05) is 42.7 Å². The van der Waals surface area contributed by atoms with Gasteiger partial charge in [0.2, 0.25) is 23.1 Å². The van der Waals surface area contributed by atoms with E-state index < -0.39 is 0 Å². The highest BCUT2D eigenvalue weighted by Gasteiger charge is 2.36. The quantitative estimate of drug-likeness (QED) is 0.0205. The Morgan fingerprint density at radius 3 is 0.627 bits per heavy atom. The summed E-state index contributed by atoms with van der Waals surface area (Å²) in [5.41, 5.74) is 25.5. The van der Waals surface area contributed by atoms with Gasteiger partial charge in [-0.2, -0.15) is 0 Å². The number of ether oxygens (including phenoxy) is 6. The molecule has 142 heavy (non-hydrogen) atoms. The lowest BCUT2D eigenvalue weighted by Gasteiger charge is -2.18. The molecule has 0 aromatic heterocycles. The zero-order valence-electron chi connectivity index (χ0n) is 93.1. The molecule has 3 aromatic rings. The number of methoxy groups -OCH3 is 6. The molecule has 0 saturated heterocycles. The van der Waals surface area contributed by atoms with E-state index in [2.05, 4.69) is 94.4 Å². The molecular formula is C120H166O22. The van der Waals surface area contributed by atoms with Crippen molar-refractivity contribution in [3.63, 3.8) is 0 Å². The van der Waals surface area contributed by atoms with Gasteiger partial charge < -0.3 is 59.1 Å². The van der Waals surface area contributed by atoms with Crippen molar-refractivity contribution in [1.29, 1.82) is 0 Å². The number of carbonyl (C=O) groups is 10. The maximum absolute atomic E-state index is 12.2. The summed E-state index contributed by atoms with van der Waals surface area (Å²) in [6.07, 6.45) is 28.5. The first-order valence-corrected chi connectivity index (χ1v) is 48.9. The Kier molecular flexibility index (Phi) is 54.3. The van der Waals surface area contributed by atoms with E-state index in [1.807, 2.05) is 92.7 Å². The van der Waals surface area contributed by atoms with Gasteiger partial charge in [0, 0.05) is 123 Å². The molecule has 3 aromatic carbocycles. The van der Waals surface area contributed by atoms with Crippen molar-refractivity contribution in [2.24, 2.45) is 0 Å². The Morgan fingerprint density at radius 2 is 0.366 bits per heavy atom. The normalized spacial score (nSPS) is 15.6. The van der Waals surface area contributed by atoms with Gasteiger partial charge in [0.15, 0.2) is 80.7 Å². The second-order valence-electron chi connectivity index (χ2n) is 36.5. The molecule has 0 aliphatic heterocycles. The summed E-state index contributed by atoms with van der Waals surface area (Å²) in [6, 6.07) is 0. The monoisotopic (exact) mass is 1960 g/mol. The molecule has 22 heteroatoms. The Hall–Kier alpha value is -12.7. The predicted molar refractivity (Wildman–Crippen MR) is 573 cm³/mol. The van der Waals surface area contributed by atoms with Crippen LogP contribution in [0.2, 0.25) is 0 Å². The summed E-state index contributed by atoms with van der Waals surface area (Å²) in [6.45, 7) is 64.1. The van der Waals surface area contributed by atoms with Crippen LogP contribution in [0.4, 0.5) is 0 Å². The third-order valence-electron chi connectivity index (χ3n) is 27.4. The number of hydrogen-bond donors (Lipinski definition) is 6. The first-order valence-electron chi connectivity index (χ1n) is 48.9. The molecule has 5 aliphatic rings. The number of phenolic OH excluding ortho intramolecular Hbond substituents is 6. The first kappa shape index (κ1) is 127. The number of allylic oxidation sites excluding steroid dienone is 32. The van der Waals surface area contributed by atoms with E-state index in [9.17, 15) is 78.6 Å². The number of carbonyl (C=O) groups excluding carboxylic acids is 10. The van der Waals surface area contributed by atoms with Crippen molar-refractivity contribution in [1.82, 2.24) is 0 Å². The molecule has 0 fully saturated rings. The molecule has 22 nitrogen and oxygen atoms in total. The number of phenols is 6. The first-order chi connectivity index (χ1) is 66.4. The second-order valence-corrected chi connectivity index (χ2v) is 36.5. The molecule has 0 saturated carbocycles. The highest BCUT2D eigenvalue weighted by molar-refractivity contribution is 6.27. The molecule has 0 spiro atoms. The van der Waals surface area contributed by atoms with Crippen LogP contribution in [0.25, 0.3) is 0 Å². The third kappa shape index (κ3) is 33.2. The Morgan fingerprint density at radius 1 is 0.190 bits per heavy atom. The average molecular weight is 1960 g/mol. The van der Waals surface area contributed by atoms with Gasteiger partial charge in [-0.3, -0.25) is 47.9 Å². The SMILES string of the molecule is CC/C(C)=C/CC1=C(C)C(=O)C(C)=C(C)C1=O.CC/C(C)=C/CC1=C(C)C(=O)C(C)=C(OC)C1=O.CC/C(C)=C/CC1=C(C)C(=O)C(C)=C(OC)C1=O.CC/C(C)=C/CC1=C(C)C(=O)C(OC)=C(C)C1=O.CC/C(C)=C/CC1=C(C)C(=O)C(OC)=C(C)C1=O.CC/C(C)=C/Cc1c(C)c(O)c(C)c(C)c1O.CC/C(C)=C/Cc1c(C)c(O)c(C)c(OC)c1O.CC/C(C)=C/Cc1c(C)c(O)c(OC)c(C)c1O. The van der Waals surface area contributed by atoms with Crippen LogP contribution in [-0.2, 0) is 86.2 Å². The van der Waals surface area contributed by atoms with Crippen LogP contribution in [-0.4, -0.2) is 131 Å². The highest BCUT2D eigenvalue weighted by atomic mass is 16.5. The third-order valence-corrected chi connectivity index (χ3v) is 27.4. The maximum Gasteiger partial charge on any atom is 0.224 e. The lowest BCUT2D eigenvalue weighted by molar-refractivity contribution is -0.118. The number of ketones is 10. The lowest BCUT2D eigenvalue weighted by Crippen LogP contribution is -2.22. The molecule has 0 radical (unpaired) electrons. The maximum atomic E-state index is 12.2. The Labute approximate surface area is 847 Å². The summed E-state index contributed by atoms with van der Waals surface area (Å²) < 4.78 is 30.4. The van der Waals surface area contributed by atoms with Crippen LogP contribution in [0.1, 0.15) is 326 Å². The van der Waals surface area contributed by atoms with Crippen molar-refractivity contribution in [3.8, 4) is 46.0 Å².